The molecular formula is C17H12BrNO2. The van der Waals surface area contributed by atoms with Gasteiger partial charge in [-0.2, -0.15) is 0 Å². The third-order valence-corrected chi connectivity index (χ3v) is 3.92. The van der Waals surface area contributed by atoms with Crippen LogP contribution in [0.15, 0.2) is 59.1 Å². The third kappa shape index (κ3) is 2.81. The molecular weight excluding hydrogens is 330 g/mol. The first-order valence-corrected chi connectivity index (χ1v) is 7.34. The molecule has 1 amide bonds. The van der Waals surface area contributed by atoms with Crippen molar-refractivity contribution >= 4 is 38.9 Å². The standard InChI is InChI=1S/C17H12BrNO2/c18-12-6-8-13(9-7-12)19-17(21)16(20)15-10-5-11-3-1-2-4-14(11)15/h1-4,6-10H,5H2,(H,19,21). The summed E-state index contributed by atoms with van der Waals surface area (Å²) in [5, 5.41) is 2.63. The fraction of sp³-hybridized carbons (Fsp3) is 0.0588. The lowest BCUT2D eigenvalue weighted by molar-refractivity contribution is -0.131. The van der Waals surface area contributed by atoms with Gasteiger partial charge in [0, 0.05) is 15.7 Å². The first-order chi connectivity index (χ1) is 10.1. The molecule has 0 aromatic heterocycles. The number of allylic oxidation sites excluding steroid dienone is 1. The molecule has 0 fully saturated rings. The average Bonchev–Trinajstić information content (AvgIpc) is 2.92. The van der Waals surface area contributed by atoms with E-state index in [2.05, 4.69) is 21.2 Å². The molecule has 104 valence electrons. The van der Waals surface area contributed by atoms with Gasteiger partial charge in [-0.25, -0.2) is 0 Å². The van der Waals surface area contributed by atoms with Gasteiger partial charge in [-0.15, -0.1) is 0 Å². The second kappa shape index (κ2) is 5.66. The highest BCUT2D eigenvalue weighted by atomic mass is 79.9. The number of anilines is 1. The minimum Gasteiger partial charge on any atom is -0.319 e. The molecule has 1 aliphatic carbocycles. The Morgan fingerprint density at radius 1 is 1.00 bits per heavy atom. The fourth-order valence-corrected chi connectivity index (χ4v) is 2.61. The van der Waals surface area contributed by atoms with Crippen molar-refractivity contribution in [3.63, 3.8) is 0 Å². The lowest BCUT2D eigenvalue weighted by Crippen LogP contribution is -2.23. The monoisotopic (exact) mass is 341 g/mol. The second-order valence-corrected chi connectivity index (χ2v) is 5.68. The SMILES string of the molecule is O=C(Nc1ccc(Br)cc1)C(=O)C1=CCc2ccccc21. The Morgan fingerprint density at radius 2 is 1.71 bits per heavy atom. The van der Waals surface area contributed by atoms with Gasteiger partial charge in [-0.3, -0.25) is 9.59 Å². The molecule has 0 bridgehead atoms. The summed E-state index contributed by atoms with van der Waals surface area (Å²) in [6.07, 6.45) is 2.51. The molecule has 0 radical (unpaired) electrons. The summed E-state index contributed by atoms with van der Waals surface area (Å²) in [5.41, 5.74) is 3.02. The zero-order chi connectivity index (χ0) is 14.8. The van der Waals surface area contributed by atoms with Crippen molar-refractivity contribution in [1.29, 1.82) is 0 Å². The molecule has 21 heavy (non-hydrogen) atoms. The lowest BCUT2D eigenvalue weighted by atomic mass is 10.0. The van der Waals surface area contributed by atoms with E-state index in [1.807, 2.05) is 42.5 Å². The molecule has 2 aromatic carbocycles. The maximum atomic E-state index is 12.3. The number of benzene rings is 2. The number of carbonyl (C=O) groups is 2. The summed E-state index contributed by atoms with van der Waals surface area (Å²) >= 11 is 3.32. The molecule has 3 nitrogen and oxygen atoms in total. The van der Waals surface area contributed by atoms with Crippen LogP contribution in [-0.4, -0.2) is 11.7 Å². The predicted octanol–water partition coefficient (Wildman–Crippen LogP) is 3.60. The number of halogens is 1. The van der Waals surface area contributed by atoms with Gasteiger partial charge in [0.2, 0.25) is 0 Å². The molecule has 0 saturated carbocycles. The van der Waals surface area contributed by atoms with E-state index in [1.165, 1.54) is 0 Å². The number of carbonyl (C=O) groups excluding carboxylic acids is 2. The van der Waals surface area contributed by atoms with Crippen LogP contribution >= 0.6 is 15.9 Å². The lowest BCUT2D eigenvalue weighted by Gasteiger charge is -2.06. The third-order valence-electron chi connectivity index (χ3n) is 3.39. The second-order valence-electron chi connectivity index (χ2n) is 4.77. The van der Waals surface area contributed by atoms with Gasteiger partial charge in [0.15, 0.2) is 0 Å². The van der Waals surface area contributed by atoms with E-state index in [1.54, 1.807) is 12.1 Å². The first-order valence-electron chi connectivity index (χ1n) is 6.55. The largest absolute Gasteiger partial charge is 0.319 e. The summed E-state index contributed by atoms with van der Waals surface area (Å²) < 4.78 is 0.916. The Bertz CT molecular complexity index is 748. The normalized spacial score (nSPS) is 12.5. The molecule has 0 heterocycles. The van der Waals surface area contributed by atoms with Gasteiger partial charge in [0.25, 0.3) is 11.7 Å². The van der Waals surface area contributed by atoms with Crippen molar-refractivity contribution in [3.8, 4) is 0 Å². The van der Waals surface area contributed by atoms with Gasteiger partial charge < -0.3 is 5.32 Å². The molecule has 2 aromatic rings. The van der Waals surface area contributed by atoms with E-state index in [0.29, 0.717) is 17.7 Å². The topological polar surface area (TPSA) is 46.2 Å². The van der Waals surface area contributed by atoms with Crippen LogP contribution in [0.5, 0.6) is 0 Å². The molecule has 3 rings (SSSR count). The molecule has 1 N–H and O–H groups in total. The zero-order valence-corrected chi connectivity index (χ0v) is 12.7. The van der Waals surface area contributed by atoms with Crippen LogP contribution < -0.4 is 5.32 Å². The van der Waals surface area contributed by atoms with E-state index in [4.69, 9.17) is 0 Å². The van der Waals surface area contributed by atoms with Gasteiger partial charge in [-0.05, 0) is 41.8 Å². The summed E-state index contributed by atoms with van der Waals surface area (Å²) in [6.45, 7) is 0. The van der Waals surface area contributed by atoms with Crippen LogP contribution in [0.4, 0.5) is 5.69 Å². The van der Waals surface area contributed by atoms with Crippen molar-refractivity contribution in [3.05, 3.63) is 70.2 Å². The Kier molecular flexibility index (Phi) is 3.71. The van der Waals surface area contributed by atoms with Gasteiger partial charge in [0.1, 0.15) is 0 Å². The molecule has 0 atom stereocenters. The number of Topliss-reactive ketones (excluding diaryl/α,β-unsaturated/α-hetero) is 1. The van der Waals surface area contributed by atoms with E-state index < -0.39 is 11.7 Å². The maximum absolute atomic E-state index is 12.3. The molecule has 4 heteroatoms. The van der Waals surface area contributed by atoms with Crippen molar-refractivity contribution in [2.24, 2.45) is 0 Å². The Labute approximate surface area is 130 Å². The number of amides is 1. The number of fused-ring (bicyclic) bond motifs is 1. The van der Waals surface area contributed by atoms with Crippen LogP contribution in [0.2, 0.25) is 0 Å². The fourth-order valence-electron chi connectivity index (χ4n) is 2.34. The Morgan fingerprint density at radius 3 is 2.48 bits per heavy atom. The number of nitrogens with one attached hydrogen (secondary N) is 1. The van der Waals surface area contributed by atoms with Crippen LogP contribution in [0.1, 0.15) is 11.1 Å². The van der Waals surface area contributed by atoms with Gasteiger partial charge in [-0.1, -0.05) is 46.3 Å². The van der Waals surface area contributed by atoms with Crippen LogP contribution in [0.3, 0.4) is 0 Å². The van der Waals surface area contributed by atoms with E-state index in [0.717, 1.165) is 15.6 Å². The highest BCUT2D eigenvalue weighted by molar-refractivity contribution is 9.10. The summed E-state index contributed by atoms with van der Waals surface area (Å²) in [5.74, 6) is -1.11. The molecule has 1 aliphatic rings. The Balaban J connectivity index is 1.77. The minimum atomic E-state index is -0.611. The number of hydrogen-bond acceptors (Lipinski definition) is 2. The Hall–Kier alpha value is -2.20. The van der Waals surface area contributed by atoms with Crippen LogP contribution in [-0.2, 0) is 16.0 Å². The summed E-state index contributed by atoms with van der Waals surface area (Å²) in [4.78, 5) is 24.4. The number of ketones is 1. The molecule has 0 aliphatic heterocycles. The average molecular weight is 342 g/mol. The first kappa shape index (κ1) is 13.8. The summed E-state index contributed by atoms with van der Waals surface area (Å²) in [6, 6.07) is 14.8. The zero-order valence-electron chi connectivity index (χ0n) is 11.1. The molecule has 0 saturated heterocycles. The minimum absolute atomic E-state index is 0.486. The maximum Gasteiger partial charge on any atom is 0.296 e. The highest BCUT2D eigenvalue weighted by Gasteiger charge is 2.25. The van der Waals surface area contributed by atoms with Gasteiger partial charge in [0.05, 0.1) is 0 Å². The molecule has 0 unspecified atom stereocenters. The predicted molar refractivity (Wildman–Crippen MR) is 85.9 cm³/mol. The number of hydrogen-bond donors (Lipinski definition) is 1. The van der Waals surface area contributed by atoms with Crippen molar-refractivity contribution in [1.82, 2.24) is 0 Å². The van der Waals surface area contributed by atoms with E-state index >= 15 is 0 Å². The summed E-state index contributed by atoms with van der Waals surface area (Å²) in [7, 11) is 0. The highest BCUT2D eigenvalue weighted by Crippen LogP contribution is 2.28. The van der Waals surface area contributed by atoms with Crippen molar-refractivity contribution < 1.29 is 9.59 Å². The van der Waals surface area contributed by atoms with Crippen molar-refractivity contribution in [2.45, 2.75) is 6.42 Å². The smallest absolute Gasteiger partial charge is 0.296 e. The van der Waals surface area contributed by atoms with Crippen LogP contribution in [0.25, 0.3) is 5.57 Å². The van der Waals surface area contributed by atoms with Crippen molar-refractivity contribution in [2.75, 3.05) is 5.32 Å². The van der Waals surface area contributed by atoms with Crippen LogP contribution in [0, 0.1) is 0 Å². The van der Waals surface area contributed by atoms with E-state index in [-0.39, 0.29) is 0 Å². The molecule has 0 spiro atoms. The van der Waals surface area contributed by atoms with E-state index in [9.17, 15) is 9.59 Å². The quantitative estimate of drug-likeness (QED) is 0.867. The number of rotatable bonds is 3. The van der Waals surface area contributed by atoms with Gasteiger partial charge >= 0.3 is 0 Å².